The van der Waals surface area contributed by atoms with E-state index in [1.807, 2.05) is 30.3 Å². The van der Waals surface area contributed by atoms with E-state index in [1.165, 1.54) is 0 Å². The number of hydrogen-bond acceptors (Lipinski definition) is 3. The molecule has 33 heavy (non-hydrogen) atoms. The number of benzene rings is 3. The van der Waals surface area contributed by atoms with Crippen LogP contribution in [0.3, 0.4) is 0 Å². The molecule has 1 atom stereocenters. The van der Waals surface area contributed by atoms with Crippen LogP contribution in [0.1, 0.15) is 20.3 Å². The standard InChI is InChI=1S/C25H26ClN3O3S/c1-4-22(29(33(3,31)32)19-13-10-17(26)11-14-19)25(30)27-18-12-15-24-21(16-18)20-8-6-7-9-23(20)28(24)5-2/h6-16,22H,4-5H2,1-3H3,(H,27,30)/t22-/m1/s1. The molecule has 0 saturated carbocycles. The lowest BCUT2D eigenvalue weighted by Gasteiger charge is -2.30. The minimum atomic E-state index is -3.72. The van der Waals surface area contributed by atoms with Crippen LogP contribution in [0, 0.1) is 0 Å². The number of halogens is 1. The van der Waals surface area contributed by atoms with Gasteiger partial charge < -0.3 is 9.88 Å². The zero-order valence-corrected chi connectivity index (χ0v) is 20.3. The van der Waals surface area contributed by atoms with Gasteiger partial charge in [0.05, 0.1) is 11.9 Å². The second-order valence-electron chi connectivity index (χ2n) is 7.94. The third kappa shape index (κ3) is 4.43. The van der Waals surface area contributed by atoms with Gasteiger partial charge in [0.25, 0.3) is 0 Å². The second-order valence-corrected chi connectivity index (χ2v) is 10.2. The molecule has 0 spiro atoms. The Morgan fingerprint density at radius 2 is 1.67 bits per heavy atom. The molecular weight excluding hydrogens is 458 g/mol. The number of carbonyl (C=O) groups excluding carboxylic acids is 1. The summed E-state index contributed by atoms with van der Waals surface area (Å²) in [4.78, 5) is 13.3. The van der Waals surface area contributed by atoms with E-state index in [2.05, 4.69) is 28.9 Å². The van der Waals surface area contributed by atoms with Crippen LogP contribution in [0.2, 0.25) is 5.02 Å². The summed E-state index contributed by atoms with van der Waals surface area (Å²) in [6, 6.07) is 19.5. The molecule has 0 fully saturated rings. The summed E-state index contributed by atoms with van der Waals surface area (Å²) in [5.74, 6) is -0.392. The number of carbonyl (C=O) groups is 1. The van der Waals surface area contributed by atoms with Gasteiger partial charge in [0.1, 0.15) is 6.04 Å². The molecule has 0 saturated heterocycles. The molecule has 0 aliphatic heterocycles. The van der Waals surface area contributed by atoms with Gasteiger partial charge in [-0.25, -0.2) is 8.42 Å². The number of nitrogens with one attached hydrogen (secondary N) is 1. The largest absolute Gasteiger partial charge is 0.341 e. The zero-order valence-electron chi connectivity index (χ0n) is 18.7. The maximum absolute atomic E-state index is 13.3. The molecule has 1 heterocycles. The van der Waals surface area contributed by atoms with E-state index in [0.29, 0.717) is 22.8 Å². The molecule has 6 nitrogen and oxygen atoms in total. The van der Waals surface area contributed by atoms with E-state index in [1.54, 1.807) is 31.2 Å². The summed E-state index contributed by atoms with van der Waals surface area (Å²) in [5, 5.41) is 5.57. The highest BCUT2D eigenvalue weighted by molar-refractivity contribution is 7.92. The van der Waals surface area contributed by atoms with Crippen LogP contribution < -0.4 is 9.62 Å². The second kappa shape index (κ2) is 9.08. The van der Waals surface area contributed by atoms with Crippen LogP contribution in [0.5, 0.6) is 0 Å². The first kappa shape index (κ1) is 23.1. The zero-order chi connectivity index (χ0) is 23.8. The fourth-order valence-electron chi connectivity index (χ4n) is 4.35. The highest BCUT2D eigenvalue weighted by atomic mass is 35.5. The summed E-state index contributed by atoms with van der Waals surface area (Å²) < 4.78 is 28.7. The van der Waals surface area contributed by atoms with Crippen LogP contribution in [0.4, 0.5) is 11.4 Å². The normalized spacial score (nSPS) is 12.7. The molecule has 172 valence electrons. The van der Waals surface area contributed by atoms with Crippen molar-refractivity contribution in [3.05, 3.63) is 71.8 Å². The van der Waals surface area contributed by atoms with Gasteiger partial charge in [-0.1, -0.05) is 36.7 Å². The van der Waals surface area contributed by atoms with Crippen molar-refractivity contribution in [3.8, 4) is 0 Å². The smallest absolute Gasteiger partial charge is 0.248 e. The van der Waals surface area contributed by atoms with Gasteiger partial charge in [-0.2, -0.15) is 0 Å². The van der Waals surface area contributed by atoms with E-state index in [4.69, 9.17) is 11.6 Å². The summed E-state index contributed by atoms with van der Waals surface area (Å²) in [5.41, 5.74) is 3.23. The summed E-state index contributed by atoms with van der Waals surface area (Å²) >= 11 is 5.97. The molecule has 4 rings (SSSR count). The van der Waals surface area contributed by atoms with Crippen LogP contribution >= 0.6 is 11.6 Å². The number of rotatable bonds is 7. The topological polar surface area (TPSA) is 71.4 Å². The highest BCUT2D eigenvalue weighted by Crippen LogP contribution is 2.31. The van der Waals surface area contributed by atoms with Crippen molar-refractivity contribution in [2.24, 2.45) is 0 Å². The van der Waals surface area contributed by atoms with Gasteiger partial charge in [0.15, 0.2) is 0 Å². The molecule has 0 bridgehead atoms. The summed E-state index contributed by atoms with van der Waals surface area (Å²) in [7, 11) is -3.72. The minimum Gasteiger partial charge on any atom is -0.341 e. The first-order valence-corrected chi connectivity index (χ1v) is 13.0. The molecule has 1 amide bonds. The Morgan fingerprint density at radius 3 is 2.30 bits per heavy atom. The molecule has 1 N–H and O–H groups in total. The van der Waals surface area contributed by atoms with Crippen molar-refractivity contribution < 1.29 is 13.2 Å². The fourth-order valence-corrected chi connectivity index (χ4v) is 5.68. The number of hydrogen-bond donors (Lipinski definition) is 1. The Kier molecular flexibility index (Phi) is 6.36. The van der Waals surface area contributed by atoms with Crippen LogP contribution in [0.25, 0.3) is 21.8 Å². The molecule has 3 aromatic carbocycles. The van der Waals surface area contributed by atoms with E-state index in [9.17, 15) is 13.2 Å². The van der Waals surface area contributed by atoms with Crippen molar-refractivity contribution in [1.29, 1.82) is 0 Å². The fraction of sp³-hybridized carbons (Fsp3) is 0.240. The average molecular weight is 484 g/mol. The van der Waals surface area contributed by atoms with Crippen LogP contribution in [-0.2, 0) is 21.4 Å². The van der Waals surface area contributed by atoms with Crippen molar-refractivity contribution >= 4 is 60.7 Å². The molecule has 0 aliphatic rings. The lowest BCUT2D eigenvalue weighted by atomic mass is 10.1. The third-order valence-electron chi connectivity index (χ3n) is 5.77. The van der Waals surface area contributed by atoms with Gasteiger partial charge >= 0.3 is 0 Å². The molecule has 4 aromatic rings. The monoisotopic (exact) mass is 483 g/mol. The van der Waals surface area contributed by atoms with Crippen LogP contribution in [-0.4, -0.2) is 31.2 Å². The van der Waals surface area contributed by atoms with Gasteiger partial charge in [-0.3, -0.25) is 9.10 Å². The Hall–Kier alpha value is -3.03. The van der Waals surface area contributed by atoms with E-state index < -0.39 is 22.0 Å². The maximum atomic E-state index is 13.3. The first-order valence-electron chi connectivity index (χ1n) is 10.8. The maximum Gasteiger partial charge on any atom is 0.248 e. The first-order chi connectivity index (χ1) is 15.7. The number of anilines is 2. The molecule has 0 aliphatic carbocycles. The Bertz CT molecular complexity index is 1430. The number of amides is 1. The number of nitrogens with zero attached hydrogens (tertiary/aromatic N) is 2. The van der Waals surface area contributed by atoms with E-state index in [-0.39, 0.29) is 0 Å². The number of aryl methyl sites for hydroxylation is 1. The Labute approximate surface area is 198 Å². The predicted molar refractivity (Wildman–Crippen MR) is 137 cm³/mol. The number of sulfonamides is 1. The van der Waals surface area contributed by atoms with E-state index in [0.717, 1.165) is 38.9 Å². The number of fused-ring (bicyclic) bond motifs is 3. The molecule has 1 aromatic heterocycles. The Balaban J connectivity index is 1.71. The lowest BCUT2D eigenvalue weighted by Crippen LogP contribution is -2.46. The van der Waals surface area contributed by atoms with E-state index >= 15 is 0 Å². The van der Waals surface area contributed by atoms with Gasteiger partial charge in [-0.15, -0.1) is 0 Å². The predicted octanol–water partition coefficient (Wildman–Crippen LogP) is 5.65. The molecule has 0 radical (unpaired) electrons. The SMILES string of the molecule is CC[C@H](C(=O)Nc1ccc2c(c1)c1ccccc1n2CC)N(c1ccc(Cl)cc1)S(C)(=O)=O. The number of para-hydroxylation sites is 1. The minimum absolute atomic E-state index is 0.304. The van der Waals surface area contributed by atoms with Gasteiger partial charge in [0, 0.05) is 39.1 Å². The molecule has 8 heteroatoms. The van der Waals surface area contributed by atoms with Crippen molar-refractivity contribution in [2.45, 2.75) is 32.9 Å². The average Bonchev–Trinajstić information content (AvgIpc) is 3.10. The highest BCUT2D eigenvalue weighted by Gasteiger charge is 2.31. The van der Waals surface area contributed by atoms with Crippen molar-refractivity contribution in [2.75, 3.05) is 15.9 Å². The molecule has 0 unspecified atom stereocenters. The van der Waals surface area contributed by atoms with Crippen molar-refractivity contribution in [1.82, 2.24) is 4.57 Å². The third-order valence-corrected chi connectivity index (χ3v) is 7.20. The van der Waals surface area contributed by atoms with Crippen LogP contribution in [0.15, 0.2) is 66.7 Å². The Morgan fingerprint density at radius 1 is 1.00 bits per heavy atom. The number of aromatic nitrogens is 1. The lowest BCUT2D eigenvalue weighted by molar-refractivity contribution is -0.117. The summed E-state index contributed by atoms with van der Waals surface area (Å²) in [6.45, 7) is 4.72. The van der Waals surface area contributed by atoms with Gasteiger partial charge in [0.2, 0.25) is 15.9 Å². The quantitative estimate of drug-likeness (QED) is 0.369. The molecular formula is C25H26ClN3O3S. The van der Waals surface area contributed by atoms with Gasteiger partial charge in [-0.05, 0) is 61.9 Å². The summed E-state index contributed by atoms with van der Waals surface area (Å²) in [6.07, 6.45) is 1.40. The van der Waals surface area contributed by atoms with Crippen molar-refractivity contribution in [3.63, 3.8) is 0 Å².